The zero-order valence-corrected chi connectivity index (χ0v) is 16.7. The van der Waals surface area contributed by atoms with E-state index in [9.17, 15) is 9.59 Å². The molecule has 0 spiro atoms. The number of piperidine rings is 1. The highest BCUT2D eigenvalue weighted by Gasteiger charge is 2.25. The molecule has 0 aromatic carbocycles. The summed E-state index contributed by atoms with van der Waals surface area (Å²) in [6, 6.07) is 4.07. The van der Waals surface area contributed by atoms with Crippen LogP contribution in [0.4, 0.5) is 0 Å². The standard InChI is InChI=1S/C20H26N2O3S/c1-13-8-9-14(2)22(13)19-18(15(3)16(4)26-19)20(24)25-12-17(23)21-10-6-5-7-11-21/h8-9H,5-7,10-12H2,1-4H3. The first-order chi connectivity index (χ1) is 12.4. The Balaban J connectivity index is 1.80. The van der Waals surface area contributed by atoms with Crippen molar-refractivity contribution < 1.29 is 14.3 Å². The number of hydrogen-bond acceptors (Lipinski definition) is 4. The summed E-state index contributed by atoms with van der Waals surface area (Å²) in [6.07, 6.45) is 3.22. The van der Waals surface area contributed by atoms with Crippen molar-refractivity contribution in [1.82, 2.24) is 9.47 Å². The first kappa shape index (κ1) is 18.7. The number of nitrogens with zero attached hydrogens (tertiary/aromatic N) is 2. The van der Waals surface area contributed by atoms with E-state index in [-0.39, 0.29) is 12.5 Å². The third-order valence-electron chi connectivity index (χ3n) is 5.08. The molecule has 1 aliphatic heterocycles. The highest BCUT2D eigenvalue weighted by Crippen LogP contribution is 2.33. The zero-order valence-electron chi connectivity index (χ0n) is 15.9. The Morgan fingerprint density at radius 1 is 1.04 bits per heavy atom. The molecule has 2 aromatic rings. The average molecular weight is 375 g/mol. The fraction of sp³-hybridized carbons (Fsp3) is 0.500. The summed E-state index contributed by atoms with van der Waals surface area (Å²) in [6.45, 7) is 9.33. The Morgan fingerprint density at radius 3 is 2.27 bits per heavy atom. The smallest absolute Gasteiger partial charge is 0.341 e. The molecule has 6 heteroatoms. The maximum absolute atomic E-state index is 12.8. The number of thiophene rings is 1. The SMILES string of the molecule is Cc1sc(-n2c(C)ccc2C)c(C(=O)OCC(=O)N2CCCCC2)c1C. The van der Waals surface area contributed by atoms with E-state index in [1.807, 2.05) is 39.8 Å². The highest BCUT2D eigenvalue weighted by molar-refractivity contribution is 7.15. The van der Waals surface area contributed by atoms with E-state index in [0.29, 0.717) is 5.56 Å². The summed E-state index contributed by atoms with van der Waals surface area (Å²) in [7, 11) is 0. The van der Waals surface area contributed by atoms with Crippen molar-refractivity contribution in [3.05, 3.63) is 39.5 Å². The van der Waals surface area contributed by atoms with Crippen LogP contribution >= 0.6 is 11.3 Å². The lowest BCUT2D eigenvalue weighted by molar-refractivity contribution is -0.135. The minimum Gasteiger partial charge on any atom is -0.452 e. The molecule has 0 aliphatic carbocycles. The van der Waals surface area contributed by atoms with Crippen LogP contribution < -0.4 is 0 Å². The fourth-order valence-electron chi connectivity index (χ4n) is 3.43. The van der Waals surface area contributed by atoms with Gasteiger partial charge in [-0.1, -0.05) is 0 Å². The van der Waals surface area contributed by atoms with Crippen LogP contribution in [0.1, 0.15) is 51.4 Å². The second-order valence-corrected chi connectivity index (χ2v) is 8.14. The molecule has 1 amide bonds. The Bertz CT molecular complexity index is 809. The van der Waals surface area contributed by atoms with Crippen molar-refractivity contribution in [2.45, 2.75) is 47.0 Å². The van der Waals surface area contributed by atoms with Gasteiger partial charge in [-0.3, -0.25) is 4.79 Å². The van der Waals surface area contributed by atoms with Crippen LogP contribution in [0.25, 0.3) is 5.00 Å². The van der Waals surface area contributed by atoms with E-state index in [1.54, 1.807) is 16.2 Å². The van der Waals surface area contributed by atoms with Crippen LogP contribution in [-0.2, 0) is 9.53 Å². The van der Waals surface area contributed by atoms with Gasteiger partial charge in [0.1, 0.15) is 5.00 Å². The molecule has 26 heavy (non-hydrogen) atoms. The summed E-state index contributed by atoms with van der Waals surface area (Å²) in [5.41, 5.74) is 3.64. The van der Waals surface area contributed by atoms with Crippen LogP contribution in [0.2, 0.25) is 0 Å². The fourth-order valence-corrected chi connectivity index (χ4v) is 4.69. The van der Waals surface area contributed by atoms with Crippen LogP contribution in [0, 0.1) is 27.7 Å². The van der Waals surface area contributed by atoms with Gasteiger partial charge >= 0.3 is 5.97 Å². The van der Waals surface area contributed by atoms with E-state index >= 15 is 0 Å². The second kappa shape index (κ2) is 7.66. The summed E-state index contributed by atoms with van der Waals surface area (Å²) in [5, 5.41) is 0.871. The molecule has 0 atom stereocenters. The number of aromatic nitrogens is 1. The maximum atomic E-state index is 12.8. The van der Waals surface area contributed by atoms with Crippen molar-refractivity contribution in [3.63, 3.8) is 0 Å². The number of ether oxygens (including phenoxy) is 1. The van der Waals surface area contributed by atoms with Crippen molar-refractivity contribution in [1.29, 1.82) is 0 Å². The summed E-state index contributed by atoms with van der Waals surface area (Å²) in [5.74, 6) is -0.516. The van der Waals surface area contributed by atoms with Gasteiger partial charge in [0.05, 0.1) is 5.56 Å². The molecule has 0 N–H and O–H groups in total. The molecule has 0 radical (unpaired) electrons. The average Bonchev–Trinajstić information content (AvgIpc) is 3.12. The largest absolute Gasteiger partial charge is 0.452 e. The number of amides is 1. The van der Waals surface area contributed by atoms with Gasteiger partial charge in [0, 0.05) is 29.4 Å². The molecule has 140 valence electrons. The lowest BCUT2D eigenvalue weighted by Gasteiger charge is -2.26. The molecular weight excluding hydrogens is 348 g/mol. The van der Waals surface area contributed by atoms with Crippen molar-refractivity contribution in [2.75, 3.05) is 19.7 Å². The molecule has 2 aromatic heterocycles. The molecular formula is C20H26N2O3S. The predicted octanol–water partition coefficient (Wildman–Crippen LogP) is 3.94. The summed E-state index contributed by atoms with van der Waals surface area (Å²) >= 11 is 1.58. The maximum Gasteiger partial charge on any atom is 0.341 e. The molecule has 0 bridgehead atoms. The highest BCUT2D eigenvalue weighted by atomic mass is 32.1. The number of likely N-dealkylation sites (tertiary alicyclic amines) is 1. The first-order valence-electron chi connectivity index (χ1n) is 9.10. The van der Waals surface area contributed by atoms with Crippen LogP contribution in [0.15, 0.2) is 12.1 Å². The third-order valence-corrected chi connectivity index (χ3v) is 6.27. The van der Waals surface area contributed by atoms with Crippen molar-refractivity contribution in [2.24, 2.45) is 0 Å². The van der Waals surface area contributed by atoms with Gasteiger partial charge in [-0.15, -0.1) is 11.3 Å². The molecule has 3 heterocycles. The number of aryl methyl sites for hydroxylation is 3. The van der Waals surface area contributed by atoms with E-state index in [4.69, 9.17) is 4.74 Å². The molecule has 1 fully saturated rings. The Morgan fingerprint density at radius 2 is 1.65 bits per heavy atom. The molecule has 3 rings (SSSR count). The Labute approximate surface area is 158 Å². The van der Waals surface area contributed by atoms with Gasteiger partial charge in [0.25, 0.3) is 5.91 Å². The monoisotopic (exact) mass is 374 g/mol. The molecule has 5 nitrogen and oxygen atoms in total. The van der Waals surface area contributed by atoms with E-state index < -0.39 is 5.97 Å². The number of rotatable bonds is 4. The van der Waals surface area contributed by atoms with Gasteiger partial charge in [-0.25, -0.2) is 4.79 Å². The first-order valence-corrected chi connectivity index (χ1v) is 9.92. The van der Waals surface area contributed by atoms with E-state index in [1.165, 1.54) is 0 Å². The lowest BCUT2D eigenvalue weighted by atomic mass is 10.1. The van der Waals surface area contributed by atoms with Gasteiger partial charge in [0.15, 0.2) is 6.61 Å². The van der Waals surface area contributed by atoms with Crippen molar-refractivity contribution >= 4 is 23.2 Å². The van der Waals surface area contributed by atoms with Gasteiger partial charge in [-0.2, -0.15) is 0 Å². The third kappa shape index (κ3) is 3.56. The van der Waals surface area contributed by atoms with Gasteiger partial charge in [-0.05, 0) is 64.7 Å². The minimum absolute atomic E-state index is 0.0995. The lowest BCUT2D eigenvalue weighted by Crippen LogP contribution is -2.38. The number of esters is 1. The van der Waals surface area contributed by atoms with Crippen LogP contribution in [0.3, 0.4) is 0 Å². The van der Waals surface area contributed by atoms with E-state index in [0.717, 1.165) is 59.2 Å². The van der Waals surface area contributed by atoms with Crippen molar-refractivity contribution in [3.8, 4) is 5.00 Å². The van der Waals surface area contributed by atoms with Crippen LogP contribution in [-0.4, -0.2) is 41.0 Å². The van der Waals surface area contributed by atoms with Crippen LogP contribution in [0.5, 0.6) is 0 Å². The molecule has 0 unspecified atom stereocenters. The quantitative estimate of drug-likeness (QED) is 0.762. The number of carbonyl (C=O) groups excluding carboxylic acids is 2. The topological polar surface area (TPSA) is 51.5 Å². The molecule has 1 saturated heterocycles. The minimum atomic E-state index is -0.417. The summed E-state index contributed by atoms with van der Waals surface area (Å²) < 4.78 is 7.50. The zero-order chi connectivity index (χ0) is 18.8. The van der Waals surface area contributed by atoms with E-state index in [2.05, 4.69) is 4.57 Å². The van der Waals surface area contributed by atoms with Gasteiger partial charge in [0.2, 0.25) is 0 Å². The molecule has 1 aliphatic rings. The number of carbonyl (C=O) groups is 2. The predicted molar refractivity (Wildman–Crippen MR) is 103 cm³/mol. The van der Waals surface area contributed by atoms with Gasteiger partial charge < -0.3 is 14.2 Å². The second-order valence-electron chi connectivity index (χ2n) is 6.93. The molecule has 0 saturated carbocycles. The number of hydrogen-bond donors (Lipinski definition) is 0. The summed E-state index contributed by atoms with van der Waals surface area (Å²) in [4.78, 5) is 28.0. The Kier molecular flexibility index (Phi) is 5.51. The normalized spacial score (nSPS) is 14.5. The Hall–Kier alpha value is -2.08.